The van der Waals surface area contributed by atoms with E-state index >= 15 is 0 Å². The Kier molecular flexibility index (Phi) is 3.88. The number of para-hydroxylation sites is 2. The number of hydrogen-bond donors (Lipinski definition) is 0. The van der Waals surface area contributed by atoms with Crippen molar-refractivity contribution in [3.05, 3.63) is 84.4 Å². The van der Waals surface area contributed by atoms with Gasteiger partial charge in [-0.15, -0.1) is 0 Å². The summed E-state index contributed by atoms with van der Waals surface area (Å²) in [5.74, 6) is 0.643. The van der Waals surface area contributed by atoms with Gasteiger partial charge in [-0.05, 0) is 55.5 Å². The lowest BCUT2D eigenvalue weighted by Crippen LogP contribution is -2.65. The van der Waals surface area contributed by atoms with E-state index in [4.69, 9.17) is 9.31 Å². The van der Waals surface area contributed by atoms with E-state index in [1.54, 1.807) is 24.3 Å². The van der Waals surface area contributed by atoms with Gasteiger partial charge in [-0.1, -0.05) is 12.1 Å². The first kappa shape index (κ1) is 17.7. The molecule has 4 nitrogen and oxygen atoms in total. The molecule has 0 unspecified atom stereocenters. The quantitative estimate of drug-likeness (QED) is 0.581. The lowest BCUT2D eigenvalue weighted by molar-refractivity contribution is -0.328. The Hall–Kier alpha value is -3.35. The van der Waals surface area contributed by atoms with Crippen molar-refractivity contribution in [2.24, 2.45) is 0 Å². The minimum Gasteiger partial charge on any atom is -0.599 e. The summed E-state index contributed by atoms with van der Waals surface area (Å²) in [7, 11) is 0. The van der Waals surface area contributed by atoms with Crippen molar-refractivity contribution in [1.82, 2.24) is 0 Å². The van der Waals surface area contributed by atoms with Crippen LogP contribution in [-0.4, -0.2) is 23.1 Å². The van der Waals surface area contributed by atoms with Crippen molar-refractivity contribution in [2.75, 3.05) is 4.81 Å². The summed E-state index contributed by atoms with van der Waals surface area (Å²) in [6.45, 7) is 1.82. The Morgan fingerprint density at radius 1 is 0.828 bits per heavy atom. The van der Waals surface area contributed by atoms with E-state index in [0.29, 0.717) is 11.5 Å². The highest BCUT2D eigenvalue weighted by Gasteiger charge is 2.65. The Bertz CT molecular complexity index is 1090. The van der Waals surface area contributed by atoms with Gasteiger partial charge in [0, 0.05) is 24.7 Å². The molecule has 0 fully saturated rings. The standard InChI is InChI=1S/C22H19BF2N2O2/c1-15-16(2)27(20-13-9-18(25)10-14-20)23(26(15)19-11-7-17(24)8-12-19)28-21-5-3-4-6-22(21)29-23/h3-15H,1-2H3/t15-/m1/s1. The fourth-order valence-electron chi connectivity index (χ4n) is 4.30. The zero-order valence-electron chi connectivity index (χ0n) is 16.0. The Morgan fingerprint density at radius 2 is 1.34 bits per heavy atom. The summed E-state index contributed by atoms with van der Waals surface area (Å²) >= 11 is 0. The molecule has 0 saturated heterocycles. The molecule has 0 N–H and O–H groups in total. The van der Waals surface area contributed by atoms with Crippen LogP contribution in [0.25, 0.3) is 0 Å². The Labute approximate surface area is 167 Å². The normalized spacial score (nSPS) is 19.3. The molecule has 146 valence electrons. The highest BCUT2D eigenvalue weighted by atomic mass is 19.1. The molecule has 2 heterocycles. The largest absolute Gasteiger partial charge is 0.776 e. The number of halogens is 2. The maximum absolute atomic E-state index is 13.6. The van der Waals surface area contributed by atoms with Gasteiger partial charge >= 0.3 is 6.82 Å². The predicted octanol–water partition coefficient (Wildman–Crippen LogP) is 4.89. The molecular formula is C22H19BF2N2O2. The van der Waals surface area contributed by atoms with Crippen molar-refractivity contribution in [1.29, 1.82) is 0 Å². The first-order valence-electron chi connectivity index (χ1n) is 9.54. The van der Waals surface area contributed by atoms with Crippen molar-refractivity contribution in [3.8, 4) is 11.5 Å². The van der Waals surface area contributed by atoms with E-state index in [9.17, 15) is 8.78 Å². The molecule has 0 saturated carbocycles. The third-order valence-corrected chi connectivity index (χ3v) is 5.72. The summed E-state index contributed by atoms with van der Waals surface area (Å²) in [5, 5.41) is 0. The molecular weight excluding hydrogens is 373 g/mol. The molecule has 5 rings (SSSR count). The van der Waals surface area contributed by atoms with Crippen LogP contribution in [0.3, 0.4) is 0 Å². The van der Waals surface area contributed by atoms with E-state index < -0.39 is 6.82 Å². The molecule has 0 amide bonds. The molecule has 29 heavy (non-hydrogen) atoms. The number of hydrogen-bond acceptors (Lipinski definition) is 3. The third-order valence-electron chi connectivity index (χ3n) is 5.72. The van der Waals surface area contributed by atoms with Gasteiger partial charge in [-0.2, -0.15) is 0 Å². The summed E-state index contributed by atoms with van der Waals surface area (Å²) < 4.78 is 42.1. The number of nitrogens with zero attached hydrogens (tertiary/aromatic N) is 2. The molecule has 2 aliphatic rings. The van der Waals surface area contributed by atoms with E-state index in [-0.39, 0.29) is 17.7 Å². The minimum absolute atomic E-state index is 0.0974. The molecule has 0 bridgehead atoms. The van der Waals surface area contributed by atoms with E-state index in [1.165, 1.54) is 24.3 Å². The minimum atomic E-state index is -2.22. The van der Waals surface area contributed by atoms with Crippen LogP contribution >= 0.6 is 0 Å². The maximum Gasteiger partial charge on any atom is 0.776 e. The van der Waals surface area contributed by atoms with Crippen LogP contribution in [0.15, 0.2) is 72.8 Å². The average molecular weight is 392 g/mol. The first-order chi connectivity index (χ1) is 14.0. The molecule has 7 heteroatoms. The van der Waals surface area contributed by atoms with Crippen molar-refractivity contribution in [2.45, 2.75) is 19.9 Å². The Morgan fingerprint density at radius 3 is 1.90 bits per heavy atom. The number of benzene rings is 3. The number of fused-ring (bicyclic) bond motifs is 1. The SMILES string of the molecule is CC1=[N+](c2ccc(F)cc2)[B-]2(Oc3ccccc3O2)N(c2ccc(F)cc2)[C@@H]1C. The van der Waals surface area contributed by atoms with Gasteiger partial charge in [0.25, 0.3) is 0 Å². The zero-order chi connectivity index (χ0) is 20.2. The Balaban J connectivity index is 1.71. The molecule has 2 aliphatic heterocycles. The van der Waals surface area contributed by atoms with Gasteiger partial charge in [0.1, 0.15) is 28.8 Å². The molecule has 0 radical (unpaired) electrons. The van der Waals surface area contributed by atoms with Crippen LogP contribution in [0.2, 0.25) is 0 Å². The van der Waals surface area contributed by atoms with Gasteiger partial charge in [0.2, 0.25) is 0 Å². The van der Waals surface area contributed by atoms with Crippen LogP contribution in [0.5, 0.6) is 11.5 Å². The highest BCUT2D eigenvalue weighted by Crippen LogP contribution is 2.45. The summed E-state index contributed by atoms with van der Waals surface area (Å²) in [6.07, 6.45) is 0. The first-order valence-corrected chi connectivity index (χ1v) is 9.54. The van der Waals surface area contributed by atoms with Crippen LogP contribution < -0.4 is 14.1 Å². The molecule has 1 spiro atoms. The van der Waals surface area contributed by atoms with Crippen LogP contribution in [0.1, 0.15) is 13.8 Å². The van der Waals surface area contributed by atoms with Crippen molar-refractivity contribution < 1.29 is 22.6 Å². The van der Waals surface area contributed by atoms with Gasteiger partial charge in [-0.25, -0.2) is 8.78 Å². The van der Waals surface area contributed by atoms with Gasteiger partial charge in [0.05, 0.1) is 6.04 Å². The molecule has 3 aromatic carbocycles. The van der Waals surface area contributed by atoms with Crippen molar-refractivity contribution in [3.63, 3.8) is 0 Å². The van der Waals surface area contributed by atoms with Gasteiger partial charge in [-0.3, -0.25) is 0 Å². The van der Waals surface area contributed by atoms with Gasteiger partial charge < -0.3 is 18.6 Å². The topological polar surface area (TPSA) is 24.7 Å². The van der Waals surface area contributed by atoms with Gasteiger partial charge in [0.15, 0.2) is 5.69 Å². The van der Waals surface area contributed by atoms with Crippen LogP contribution in [0, 0.1) is 11.6 Å². The lowest BCUT2D eigenvalue weighted by Gasteiger charge is -2.38. The fraction of sp³-hybridized carbons (Fsp3) is 0.136. The molecule has 0 aromatic heterocycles. The smallest absolute Gasteiger partial charge is 0.599 e. The molecule has 0 aliphatic carbocycles. The molecule has 1 atom stereocenters. The maximum atomic E-state index is 13.6. The second kappa shape index (κ2) is 6.34. The second-order valence-corrected chi connectivity index (χ2v) is 7.36. The second-order valence-electron chi connectivity index (χ2n) is 7.36. The number of anilines is 1. The van der Waals surface area contributed by atoms with Crippen LogP contribution in [-0.2, 0) is 0 Å². The average Bonchev–Trinajstić information content (AvgIpc) is 3.19. The monoisotopic (exact) mass is 392 g/mol. The third kappa shape index (κ3) is 2.61. The highest BCUT2D eigenvalue weighted by molar-refractivity contribution is 6.69. The van der Waals surface area contributed by atoms with E-state index in [1.807, 2.05) is 47.4 Å². The summed E-state index contributed by atoms with van der Waals surface area (Å²) in [4.78, 5) is 2.03. The number of rotatable bonds is 2. The van der Waals surface area contributed by atoms with Crippen LogP contribution in [0.4, 0.5) is 20.2 Å². The lowest BCUT2D eigenvalue weighted by atomic mass is 9.83. The van der Waals surface area contributed by atoms with Crippen molar-refractivity contribution >= 4 is 23.9 Å². The molecule has 3 aromatic rings. The zero-order valence-corrected chi connectivity index (χ0v) is 16.0. The predicted molar refractivity (Wildman–Crippen MR) is 109 cm³/mol. The summed E-state index contributed by atoms with van der Waals surface area (Å²) in [5.41, 5.74) is 2.51. The van der Waals surface area contributed by atoms with E-state index in [2.05, 4.69) is 0 Å². The van der Waals surface area contributed by atoms with E-state index in [0.717, 1.165) is 17.1 Å². The fourth-order valence-corrected chi connectivity index (χ4v) is 4.30. The summed E-state index contributed by atoms with van der Waals surface area (Å²) in [6, 6.07) is 19.9.